The van der Waals surface area contributed by atoms with E-state index >= 15 is 0 Å². The summed E-state index contributed by atoms with van der Waals surface area (Å²) in [5, 5.41) is 25.2. The van der Waals surface area contributed by atoms with Crippen molar-refractivity contribution in [2.24, 2.45) is 0 Å². The van der Waals surface area contributed by atoms with Crippen LogP contribution in [-0.4, -0.2) is 205 Å². The highest BCUT2D eigenvalue weighted by molar-refractivity contribution is 7.86. The minimum absolute atomic E-state index is 0.873. The van der Waals surface area contributed by atoms with Gasteiger partial charge in [-0.2, -0.15) is 13.2 Å². The Bertz CT molecular complexity index is 760. The largest absolute Gasteiger partial charge is 0.907 e. The van der Waals surface area contributed by atoms with E-state index in [9.17, 15) is 13.2 Å². The van der Waals surface area contributed by atoms with E-state index in [0.29, 0.717) is 0 Å². The molecule has 0 saturated carbocycles. The van der Waals surface area contributed by atoms with Gasteiger partial charge in [0.05, 0.1) is 107 Å². The third-order valence-electron chi connectivity index (χ3n) is 9.73. The maximum atomic E-state index is 10.7. The van der Waals surface area contributed by atoms with Crippen LogP contribution in [0, 0.1) is 0 Å². The number of hydrogen-bond donors (Lipinski definition) is 0. The summed E-state index contributed by atoms with van der Waals surface area (Å²) in [6.45, 7) is 35.3. The van der Waals surface area contributed by atoms with Crippen molar-refractivity contribution in [1.29, 1.82) is 0 Å². The lowest BCUT2D eigenvalue weighted by atomic mass is 10.3. The van der Waals surface area contributed by atoms with Crippen molar-refractivity contribution in [3.8, 4) is 0 Å². The smallest absolute Gasteiger partial charge is 0.485 e. The highest BCUT2D eigenvalue weighted by Crippen LogP contribution is 2.20. The molecule has 0 heterocycles. The second-order valence-electron chi connectivity index (χ2n) is 13.1. The molecule has 0 bridgehead atoms. The number of alkyl halides is 3. The highest BCUT2D eigenvalue weighted by atomic mass is 32.2. The van der Waals surface area contributed by atoms with E-state index < -0.39 is 22.9 Å². The lowest BCUT2D eigenvalue weighted by Gasteiger charge is -2.35. The summed E-state index contributed by atoms with van der Waals surface area (Å²) in [5.74, 6) is 0. The van der Waals surface area contributed by atoms with E-state index in [1.165, 1.54) is 52.4 Å². The number of ether oxygens (including phenoxy) is 4. The second kappa shape index (κ2) is 36.0. The summed E-state index contributed by atoms with van der Waals surface area (Å²) in [5.41, 5.74) is -5.65. The zero-order chi connectivity index (χ0) is 42.7. The molecule has 19 heteroatoms. The van der Waals surface area contributed by atoms with Crippen molar-refractivity contribution >= 4 is 17.4 Å². The predicted molar refractivity (Wildman–Crippen MR) is 198 cm³/mol. The van der Waals surface area contributed by atoms with Crippen molar-refractivity contribution in [2.45, 2.75) is 60.9 Å². The Morgan fingerprint density at radius 3 is 0.654 bits per heavy atom. The van der Waals surface area contributed by atoms with E-state index in [4.69, 9.17) is 47.0 Å². The van der Waals surface area contributed by atoms with E-state index in [-0.39, 0.29) is 0 Å². The molecule has 0 radical (unpaired) electrons. The van der Waals surface area contributed by atoms with Crippen LogP contribution < -0.4 is 15.1 Å². The van der Waals surface area contributed by atoms with Crippen LogP contribution in [0.3, 0.4) is 0 Å². The molecule has 14 nitrogen and oxygen atoms in total. The van der Waals surface area contributed by atoms with Crippen molar-refractivity contribution in [3.05, 3.63) is 0 Å². The van der Waals surface area contributed by atoms with Crippen LogP contribution in [0.5, 0.6) is 0 Å². The number of rotatable bonds is 20. The number of hydrogen-bond acceptors (Lipinski definition) is 10. The first-order valence-electron chi connectivity index (χ1n) is 18.0. The molecule has 0 spiro atoms. The van der Waals surface area contributed by atoms with Crippen LogP contribution in [0.1, 0.15) is 55.4 Å². The Morgan fingerprint density at radius 2 is 0.596 bits per heavy atom. The fraction of sp³-hybridized carbons (Fsp3) is 1.00. The molecule has 0 aliphatic heterocycles. The van der Waals surface area contributed by atoms with Crippen molar-refractivity contribution < 1.29 is 78.1 Å². The molecule has 322 valence electrons. The van der Waals surface area contributed by atoms with Gasteiger partial charge in [0.2, 0.25) is 0 Å². The minimum Gasteiger partial charge on any atom is -0.907 e. The van der Waals surface area contributed by atoms with Crippen LogP contribution in [-0.2, 0) is 29.1 Å². The average molecular weight is 793 g/mol. The topological polar surface area (TPSA) is 163 Å². The summed E-state index contributed by atoms with van der Waals surface area (Å²) in [6.07, 6.45) is 0. The molecule has 0 aromatic carbocycles. The molecule has 0 aromatic rings. The lowest BCUT2D eigenvalue weighted by molar-refractivity contribution is -0.906. The van der Waals surface area contributed by atoms with E-state index in [2.05, 4.69) is 83.6 Å². The zero-order valence-corrected chi connectivity index (χ0v) is 36.6. The van der Waals surface area contributed by atoms with Gasteiger partial charge in [-0.05, 0) is 55.4 Å². The van der Waals surface area contributed by atoms with Gasteiger partial charge in [0.15, 0.2) is 10.1 Å². The molecule has 0 unspecified atom stereocenters. The summed E-state index contributed by atoms with van der Waals surface area (Å²) < 4.78 is 83.5. The van der Waals surface area contributed by atoms with Crippen LogP contribution in [0.4, 0.5) is 13.2 Å². The Labute approximate surface area is 317 Å². The van der Waals surface area contributed by atoms with Crippen LogP contribution in [0.2, 0.25) is 0 Å². The molecule has 0 rings (SSSR count). The molecule has 0 aliphatic carbocycles. The van der Waals surface area contributed by atoms with E-state index in [0.717, 1.165) is 70.5 Å². The average Bonchev–Trinajstić information content (AvgIpc) is 3.10. The standard InChI is InChI=1S/4C8H20NO.CHF3O3S.BO3/c4*1-5-9(3,6-2)7-8-10-4;2-1(3,4)8(5,6)7;2-1(3)4/h4*5-8H2,1-4H3;(H,5,6,7);/q4*+1;;-3/p-1. The van der Waals surface area contributed by atoms with E-state index in [1.54, 1.807) is 28.4 Å². The number of nitrogens with zero attached hydrogens (tertiary/aromatic N) is 4. The monoisotopic (exact) mass is 793 g/mol. The number of quaternary nitrogens is 4. The Morgan fingerprint density at radius 1 is 0.481 bits per heavy atom. The first kappa shape index (κ1) is 63.3. The molecule has 52 heavy (non-hydrogen) atoms. The van der Waals surface area contributed by atoms with E-state index in [1.807, 2.05) is 0 Å². The van der Waals surface area contributed by atoms with Gasteiger partial charge in [0, 0.05) is 28.4 Å². The molecule has 0 N–H and O–H groups in total. The summed E-state index contributed by atoms with van der Waals surface area (Å²) in [6, 6.07) is 0. The molecule has 0 aliphatic rings. The van der Waals surface area contributed by atoms with Crippen LogP contribution >= 0.6 is 0 Å². The van der Waals surface area contributed by atoms with Gasteiger partial charge in [-0.15, -0.1) is 0 Å². The second-order valence-corrected chi connectivity index (χ2v) is 14.4. The third-order valence-corrected chi connectivity index (χ3v) is 10.3. The highest BCUT2D eigenvalue weighted by Gasteiger charge is 2.37. The van der Waals surface area contributed by atoms with Gasteiger partial charge in [0.1, 0.15) is 26.2 Å². The fourth-order valence-electron chi connectivity index (χ4n) is 3.41. The maximum Gasteiger partial charge on any atom is 0.485 e. The quantitative estimate of drug-likeness (QED) is 0.0738. The molecular weight excluding hydrogens is 712 g/mol. The zero-order valence-electron chi connectivity index (χ0n) is 35.8. The maximum absolute atomic E-state index is 10.7. The first-order chi connectivity index (χ1) is 23.7. The molecule has 0 aromatic heterocycles. The normalized spacial score (nSPS) is 11.9. The number of methoxy groups -OCH3 is 4. The molecule has 0 amide bonds. The summed E-state index contributed by atoms with van der Waals surface area (Å²) >= 11 is 0. The van der Waals surface area contributed by atoms with Gasteiger partial charge in [0.25, 0.3) is 0 Å². The first-order valence-corrected chi connectivity index (χ1v) is 19.4. The molecular formula is C33H80BF3N4O10S. The summed E-state index contributed by atoms with van der Waals surface area (Å²) in [4.78, 5) is 0. The Balaban J connectivity index is -0.000000124. The van der Waals surface area contributed by atoms with Gasteiger partial charge in [-0.3, -0.25) is 7.32 Å². The predicted octanol–water partition coefficient (Wildman–Crippen LogP) is 0.580. The minimum atomic E-state index is -6.09. The van der Waals surface area contributed by atoms with Gasteiger partial charge in [-0.1, -0.05) is 0 Å². The van der Waals surface area contributed by atoms with Gasteiger partial charge in [-0.25, -0.2) is 8.42 Å². The van der Waals surface area contributed by atoms with Gasteiger partial charge >= 0.3 is 5.51 Å². The molecule has 0 fully saturated rings. The lowest BCUT2D eigenvalue weighted by Crippen LogP contribution is -2.56. The van der Waals surface area contributed by atoms with Crippen LogP contribution in [0.25, 0.3) is 0 Å². The Kier molecular flexibility index (Phi) is 43.8. The van der Waals surface area contributed by atoms with Crippen molar-refractivity contribution in [2.75, 3.05) is 162 Å². The number of halogens is 3. The van der Waals surface area contributed by atoms with Crippen LogP contribution in [0.15, 0.2) is 0 Å². The van der Waals surface area contributed by atoms with Crippen molar-refractivity contribution in [1.82, 2.24) is 0 Å². The third kappa shape index (κ3) is 42.1. The Hall–Kier alpha value is -0.675. The SMILES string of the molecule is CC[N+](C)(CC)CCOC.CC[N+](C)(CC)CCOC.CC[N+](C)(CC)CCOC.CC[N+](C)(CC)CCOC.O=S(=O)([O-])C(F)(F)F.[O-]B([O-])[O-]. The van der Waals surface area contributed by atoms with Crippen molar-refractivity contribution in [3.63, 3.8) is 0 Å². The molecule has 0 atom stereocenters. The number of likely N-dealkylation sites (N-methyl/N-ethyl adjacent to an activating group) is 4. The summed E-state index contributed by atoms with van der Waals surface area (Å²) in [7, 11) is 7.08. The molecule has 0 saturated heterocycles. The van der Waals surface area contributed by atoms with Gasteiger partial charge < -0.3 is 56.5 Å². The fourth-order valence-corrected chi connectivity index (χ4v) is 3.41.